The molecule has 4 nitrogen and oxygen atoms in total. The Morgan fingerprint density at radius 2 is 1.68 bits per heavy atom. The van der Waals surface area contributed by atoms with Crippen molar-refractivity contribution in [3.05, 3.63) is 57.9 Å². The van der Waals surface area contributed by atoms with Crippen molar-refractivity contribution in [2.45, 2.75) is 62.9 Å². The van der Waals surface area contributed by atoms with Crippen LogP contribution in [0, 0.1) is 5.82 Å². The van der Waals surface area contributed by atoms with E-state index in [4.69, 9.17) is 11.5 Å². The van der Waals surface area contributed by atoms with Crippen LogP contribution in [0.2, 0.25) is 0 Å². The van der Waals surface area contributed by atoms with Gasteiger partial charge in [0.25, 0.3) is 0 Å². The maximum absolute atomic E-state index is 13.5. The number of hydrogen-bond donors (Lipinski definition) is 3. The third-order valence-corrected chi connectivity index (χ3v) is 6.12. The van der Waals surface area contributed by atoms with Crippen molar-refractivity contribution < 1.29 is 9.50 Å². The fraction of sp³-hybridized carbons (Fsp3) is 0.409. The molecule has 0 spiro atoms. The number of fused-ring (bicyclic) bond motifs is 2. The van der Waals surface area contributed by atoms with Gasteiger partial charge >= 0.3 is 0 Å². The Morgan fingerprint density at radius 3 is 2.18 bits per heavy atom. The molecule has 0 atom stereocenters. The van der Waals surface area contributed by atoms with Gasteiger partial charge in [0.1, 0.15) is 5.82 Å². The van der Waals surface area contributed by atoms with E-state index in [-0.39, 0.29) is 0 Å². The molecule has 0 heterocycles. The fourth-order valence-corrected chi connectivity index (χ4v) is 4.35. The molecule has 2 aromatic rings. The van der Waals surface area contributed by atoms with E-state index in [9.17, 15) is 9.50 Å². The molecule has 5 N–H and O–H groups in total. The molecule has 6 heteroatoms. The summed E-state index contributed by atoms with van der Waals surface area (Å²) in [6.07, 6.45) is 8.67. The van der Waals surface area contributed by atoms with Gasteiger partial charge in [-0.1, -0.05) is 12.1 Å². The Hall–Kier alpha value is -2.05. The van der Waals surface area contributed by atoms with Crippen LogP contribution in [0.4, 0.5) is 10.1 Å². The van der Waals surface area contributed by atoms with Gasteiger partial charge in [-0.15, -0.1) is 0 Å². The summed E-state index contributed by atoms with van der Waals surface area (Å²) in [5.74, 6) is -0.412. The third-order valence-electron chi connectivity index (χ3n) is 5.37. The maximum Gasteiger partial charge on any atom is 0.139 e. The Bertz CT molecular complexity index is 858. The first-order valence-corrected chi connectivity index (χ1v) is 10.4. The Morgan fingerprint density at radius 1 is 1.07 bits per heavy atom. The third kappa shape index (κ3) is 4.50. The first-order chi connectivity index (χ1) is 13.3. The fourth-order valence-electron chi connectivity index (χ4n) is 3.90. The van der Waals surface area contributed by atoms with Crippen LogP contribution in [-0.2, 0) is 31.3 Å². The SMILES string of the molecule is CC(C)(O)c1ccc(S/N=C\N)c(F)c1.Nc1c2c(cc3c1CCC3)CCC2. The zero-order valence-electron chi connectivity index (χ0n) is 16.5. The first kappa shape index (κ1) is 20.7. The molecule has 0 saturated carbocycles. The van der Waals surface area contributed by atoms with E-state index in [1.807, 2.05) is 0 Å². The minimum absolute atomic E-state index is 0.379. The van der Waals surface area contributed by atoms with Crippen LogP contribution in [0.25, 0.3) is 0 Å². The zero-order valence-corrected chi connectivity index (χ0v) is 17.3. The Balaban J connectivity index is 0.000000162. The lowest BCUT2D eigenvalue weighted by Crippen LogP contribution is -2.15. The van der Waals surface area contributed by atoms with Crippen molar-refractivity contribution in [2.24, 2.45) is 10.1 Å². The highest BCUT2D eigenvalue weighted by Crippen LogP contribution is 2.36. The summed E-state index contributed by atoms with van der Waals surface area (Å²) in [4.78, 5) is 0.379. The summed E-state index contributed by atoms with van der Waals surface area (Å²) in [5, 5.41) is 9.66. The smallest absolute Gasteiger partial charge is 0.139 e. The number of rotatable bonds is 3. The molecule has 0 bridgehead atoms. The molecule has 4 rings (SSSR count). The molecule has 0 aromatic heterocycles. The topological polar surface area (TPSA) is 84.6 Å². The van der Waals surface area contributed by atoms with Gasteiger partial charge in [0.15, 0.2) is 0 Å². The molecule has 0 radical (unpaired) electrons. The number of benzene rings is 2. The lowest BCUT2D eigenvalue weighted by atomic mass is 9.99. The molecular weight excluding hydrogens is 373 g/mol. The highest BCUT2D eigenvalue weighted by Gasteiger charge is 2.22. The van der Waals surface area contributed by atoms with Gasteiger partial charge in [0.2, 0.25) is 0 Å². The molecule has 2 aliphatic rings. The molecular formula is C22H28FN3OS. The second-order valence-corrected chi connectivity index (χ2v) is 8.66. The average molecular weight is 402 g/mol. The molecule has 0 aliphatic heterocycles. The molecule has 0 saturated heterocycles. The minimum atomic E-state index is -1.04. The molecule has 150 valence electrons. The van der Waals surface area contributed by atoms with Crippen LogP contribution in [0.3, 0.4) is 0 Å². The number of aryl methyl sites for hydroxylation is 2. The van der Waals surface area contributed by atoms with Gasteiger partial charge in [0.05, 0.1) is 16.8 Å². The highest BCUT2D eigenvalue weighted by molar-refractivity contribution is 7.98. The maximum atomic E-state index is 13.5. The summed E-state index contributed by atoms with van der Waals surface area (Å²) in [5.41, 5.74) is 17.9. The van der Waals surface area contributed by atoms with E-state index in [1.54, 1.807) is 26.0 Å². The second-order valence-electron chi connectivity index (χ2n) is 7.82. The average Bonchev–Trinajstić information content (AvgIpc) is 3.30. The molecule has 2 aromatic carbocycles. The van der Waals surface area contributed by atoms with Crippen molar-refractivity contribution in [1.82, 2.24) is 0 Å². The number of aliphatic hydroxyl groups is 1. The van der Waals surface area contributed by atoms with Crippen molar-refractivity contribution in [2.75, 3.05) is 5.73 Å². The van der Waals surface area contributed by atoms with Gasteiger partial charge < -0.3 is 16.6 Å². The second kappa shape index (κ2) is 8.53. The number of nitrogen functional groups attached to an aromatic ring is 1. The monoisotopic (exact) mass is 401 g/mol. The van der Waals surface area contributed by atoms with Crippen LogP contribution < -0.4 is 11.5 Å². The van der Waals surface area contributed by atoms with Crippen LogP contribution in [0.1, 0.15) is 54.5 Å². The summed E-state index contributed by atoms with van der Waals surface area (Å²) < 4.78 is 17.1. The van der Waals surface area contributed by atoms with Gasteiger partial charge in [-0.2, -0.15) is 0 Å². The predicted molar refractivity (Wildman–Crippen MR) is 115 cm³/mol. The van der Waals surface area contributed by atoms with Crippen molar-refractivity contribution in [3.8, 4) is 0 Å². The summed E-state index contributed by atoms with van der Waals surface area (Å²) >= 11 is 0.954. The quantitative estimate of drug-likeness (QED) is 0.310. The lowest BCUT2D eigenvalue weighted by molar-refractivity contribution is 0.0781. The zero-order chi connectivity index (χ0) is 20.3. The normalized spacial score (nSPS) is 15.3. The summed E-state index contributed by atoms with van der Waals surface area (Å²) in [7, 11) is 0. The van der Waals surface area contributed by atoms with Gasteiger partial charge in [-0.3, -0.25) is 0 Å². The molecule has 28 heavy (non-hydrogen) atoms. The number of halogens is 1. The van der Waals surface area contributed by atoms with E-state index >= 15 is 0 Å². The molecule has 0 fully saturated rings. The molecule has 0 amide bonds. The Labute approximate surface area is 170 Å². The highest BCUT2D eigenvalue weighted by atomic mass is 32.2. The standard InChI is InChI=1S/C12H15N.C10H13FN2OS/c13-12-10-5-1-3-8(10)7-9-4-2-6-11(9)12;1-10(2,14)7-3-4-9(8(11)5-7)15-13-6-12/h7H,1-6,13H2;3-6,14H,1-2H3,(H2,12,13). The van der Waals surface area contributed by atoms with Gasteiger partial charge in [0, 0.05) is 17.6 Å². The van der Waals surface area contributed by atoms with E-state index in [0.717, 1.165) is 24.0 Å². The van der Waals surface area contributed by atoms with Crippen LogP contribution in [0.5, 0.6) is 0 Å². The number of hydrogen-bond acceptors (Lipinski definition) is 4. The number of nitrogens with zero attached hydrogens (tertiary/aromatic N) is 1. The van der Waals surface area contributed by atoms with E-state index in [2.05, 4.69) is 10.5 Å². The van der Waals surface area contributed by atoms with Crippen LogP contribution in [-0.4, -0.2) is 11.4 Å². The molecule has 0 unspecified atom stereocenters. The molecule has 2 aliphatic carbocycles. The Kier molecular flexibility index (Phi) is 6.30. The van der Waals surface area contributed by atoms with Crippen molar-refractivity contribution in [3.63, 3.8) is 0 Å². The van der Waals surface area contributed by atoms with Gasteiger partial charge in [-0.25, -0.2) is 8.79 Å². The van der Waals surface area contributed by atoms with Crippen LogP contribution >= 0.6 is 11.9 Å². The minimum Gasteiger partial charge on any atom is -0.398 e. The first-order valence-electron chi connectivity index (χ1n) is 9.66. The van der Waals surface area contributed by atoms with Crippen molar-refractivity contribution in [1.29, 1.82) is 0 Å². The van der Waals surface area contributed by atoms with Crippen LogP contribution in [0.15, 0.2) is 33.6 Å². The summed E-state index contributed by atoms with van der Waals surface area (Å²) in [6, 6.07) is 6.95. The number of anilines is 1. The predicted octanol–water partition coefficient (Wildman–Crippen LogP) is 4.29. The number of nitrogens with two attached hydrogens (primary N) is 2. The summed E-state index contributed by atoms with van der Waals surface area (Å²) in [6.45, 7) is 3.21. The van der Waals surface area contributed by atoms with E-state index in [1.165, 1.54) is 66.8 Å². The van der Waals surface area contributed by atoms with Gasteiger partial charge in [-0.05, 0) is 92.3 Å². The largest absolute Gasteiger partial charge is 0.398 e. The lowest BCUT2D eigenvalue weighted by Gasteiger charge is -2.17. The van der Waals surface area contributed by atoms with E-state index < -0.39 is 11.4 Å². The van der Waals surface area contributed by atoms with Crippen molar-refractivity contribution >= 4 is 24.0 Å². The van der Waals surface area contributed by atoms with E-state index in [0.29, 0.717) is 10.5 Å².